The second kappa shape index (κ2) is 14.3. The Morgan fingerprint density at radius 3 is 2.39 bits per heavy atom. The molecule has 5 aromatic heterocycles. The normalized spacial score (nSPS) is 24.3. The zero-order valence-corrected chi connectivity index (χ0v) is 37.7. The van der Waals surface area contributed by atoms with E-state index < -0.39 is 52.8 Å². The minimum Gasteiger partial charge on any atom is -0.376 e. The summed E-state index contributed by atoms with van der Waals surface area (Å²) in [5, 5.41) is 14.2. The van der Waals surface area contributed by atoms with Gasteiger partial charge in [0.1, 0.15) is 28.6 Å². The number of amides is 1. The highest BCUT2D eigenvalue weighted by atomic mass is 19.1. The first-order valence-corrected chi connectivity index (χ1v) is 22.7. The number of aromatic nitrogens is 9. The van der Waals surface area contributed by atoms with E-state index in [-0.39, 0.29) is 51.5 Å². The van der Waals surface area contributed by atoms with E-state index in [1.165, 1.54) is 43.2 Å². The summed E-state index contributed by atoms with van der Waals surface area (Å²) in [7, 11) is 1.69. The van der Waals surface area contributed by atoms with Gasteiger partial charge < -0.3 is 14.2 Å². The van der Waals surface area contributed by atoms with Crippen molar-refractivity contribution in [3.63, 3.8) is 0 Å². The number of carbonyl (C=O) groups excluding carboxylic acids is 1. The first-order valence-electron chi connectivity index (χ1n) is 22.7. The Labute approximate surface area is 380 Å². The van der Waals surface area contributed by atoms with Crippen LogP contribution in [-0.2, 0) is 17.3 Å². The van der Waals surface area contributed by atoms with Crippen molar-refractivity contribution in [1.82, 2.24) is 48.3 Å². The average Bonchev–Trinajstić information content (AvgIpc) is 4.02. The quantitative estimate of drug-likeness (QED) is 0.168. The van der Waals surface area contributed by atoms with Gasteiger partial charge in [0.25, 0.3) is 5.91 Å². The standard InChI is InChI=1S/C49H47F3N10O5/c1-24-17-30(18-25(2)39(24)50)62-43(59-15-14-58(47(59)65)35-11-9-33-31(40(35)51)23-53-57(33)6)38-34-10-12-36(41(52)42(38)55-62)60(34)44(63)37-20-29-19-27(28-13-16-66-48(4,5)22-28)7-8-32(29)61(37)49(21-26(49)3)45-54-46(64)67-56-45/h7-9,11,14-15,17-20,23,26,28,34,36,41H,10,12-13,16,21-22H2,1-6H3,(H,54,56,64)/t26-,28-,34+,36-,41-,49-/m0/s1. The van der Waals surface area contributed by atoms with E-state index in [0.717, 1.165) is 29.3 Å². The molecule has 3 aliphatic heterocycles. The summed E-state index contributed by atoms with van der Waals surface area (Å²) < 4.78 is 67.5. The smallest absolute Gasteiger partial charge is 0.376 e. The molecule has 18 heteroatoms. The number of nitrogens with zero attached hydrogens (tertiary/aromatic N) is 9. The summed E-state index contributed by atoms with van der Waals surface area (Å²) in [6, 6.07) is 12.7. The first kappa shape index (κ1) is 41.5. The molecule has 2 bridgehead atoms. The van der Waals surface area contributed by atoms with Gasteiger partial charge in [0.15, 0.2) is 17.8 Å². The molecule has 1 saturated carbocycles. The summed E-state index contributed by atoms with van der Waals surface area (Å²) >= 11 is 0. The molecule has 0 radical (unpaired) electrons. The van der Waals surface area contributed by atoms with Crippen LogP contribution in [0.25, 0.3) is 39.0 Å². The third-order valence-corrected chi connectivity index (χ3v) is 15.0. The lowest BCUT2D eigenvalue weighted by atomic mass is 9.83. The van der Waals surface area contributed by atoms with E-state index in [4.69, 9.17) is 14.4 Å². The maximum Gasteiger partial charge on any atom is 0.438 e. The Morgan fingerprint density at radius 1 is 0.925 bits per heavy atom. The van der Waals surface area contributed by atoms with Crippen LogP contribution >= 0.6 is 0 Å². The fraction of sp³-hybridized carbons (Fsp3) is 0.388. The van der Waals surface area contributed by atoms with E-state index >= 15 is 18.0 Å². The van der Waals surface area contributed by atoms with Crippen LogP contribution in [0.2, 0.25) is 0 Å². The lowest BCUT2D eigenvalue weighted by Crippen LogP contribution is -2.45. The van der Waals surface area contributed by atoms with Gasteiger partial charge in [-0.1, -0.05) is 18.1 Å². The Kier molecular flexibility index (Phi) is 8.84. The Hall–Kier alpha value is -6.95. The fourth-order valence-corrected chi connectivity index (χ4v) is 11.7. The SMILES string of the molecule is Cc1cc(-n2nc3c(c2-n2ccn(-c4ccc5c(cnn5C)c4F)c2=O)[C@H]2CC[C@@H]([C@@H]3F)N2C(=O)c2cc3cc([C@H]4CCOC(C)(C)C4)ccc3n2[C@@]2(c3noc(=O)[nH]3)C[C@@H]2C)cc(C)c1F. The van der Waals surface area contributed by atoms with Gasteiger partial charge >= 0.3 is 11.4 Å². The molecule has 1 amide bonds. The average molecular weight is 913 g/mol. The van der Waals surface area contributed by atoms with Gasteiger partial charge in [0.05, 0.1) is 46.2 Å². The van der Waals surface area contributed by atoms with Crippen molar-refractivity contribution in [2.24, 2.45) is 13.0 Å². The van der Waals surface area contributed by atoms with Crippen molar-refractivity contribution >= 4 is 27.7 Å². The molecule has 3 fully saturated rings. The van der Waals surface area contributed by atoms with Crippen LogP contribution in [0.4, 0.5) is 13.2 Å². The summed E-state index contributed by atoms with van der Waals surface area (Å²) in [5.41, 5.74) is 2.11. The van der Waals surface area contributed by atoms with Gasteiger partial charge in [-0.15, -0.1) is 0 Å². The second-order valence-electron chi connectivity index (χ2n) is 19.6. The molecule has 15 nitrogen and oxygen atoms in total. The van der Waals surface area contributed by atoms with Crippen molar-refractivity contribution in [3.8, 4) is 17.2 Å². The molecule has 2 saturated heterocycles. The van der Waals surface area contributed by atoms with Gasteiger partial charge in [-0.25, -0.2) is 27.4 Å². The van der Waals surface area contributed by atoms with E-state index in [1.807, 2.05) is 23.6 Å². The fourth-order valence-electron chi connectivity index (χ4n) is 11.7. The molecule has 344 valence electrons. The van der Waals surface area contributed by atoms with E-state index in [9.17, 15) is 9.59 Å². The number of aryl methyl sites for hydroxylation is 3. The lowest BCUT2D eigenvalue weighted by molar-refractivity contribution is -0.0592. The largest absolute Gasteiger partial charge is 0.438 e. The maximum atomic E-state index is 17.7. The molecule has 67 heavy (non-hydrogen) atoms. The highest BCUT2D eigenvalue weighted by Gasteiger charge is 2.60. The summed E-state index contributed by atoms with van der Waals surface area (Å²) in [6.45, 7) is 10.0. The molecule has 4 aliphatic rings. The number of hydrogen-bond acceptors (Lipinski definition) is 8. The number of H-pyrrole nitrogens is 1. The van der Waals surface area contributed by atoms with Gasteiger partial charge in [-0.05, 0) is 131 Å². The third-order valence-electron chi connectivity index (χ3n) is 15.0. The van der Waals surface area contributed by atoms with E-state index in [1.54, 1.807) is 44.0 Å². The molecule has 6 atom stereocenters. The summed E-state index contributed by atoms with van der Waals surface area (Å²) in [4.78, 5) is 47.4. The second-order valence-corrected chi connectivity index (χ2v) is 19.6. The zero-order chi connectivity index (χ0) is 46.6. The van der Waals surface area contributed by atoms with Crippen molar-refractivity contribution in [2.45, 2.75) is 102 Å². The minimum absolute atomic E-state index is 0.0213. The monoisotopic (exact) mass is 912 g/mol. The predicted molar refractivity (Wildman–Crippen MR) is 240 cm³/mol. The van der Waals surface area contributed by atoms with Crippen LogP contribution in [0.1, 0.15) is 115 Å². The van der Waals surface area contributed by atoms with Crippen molar-refractivity contribution in [2.75, 3.05) is 6.61 Å². The summed E-state index contributed by atoms with van der Waals surface area (Å²) in [5.74, 6) is -1.65. The van der Waals surface area contributed by atoms with Crippen LogP contribution < -0.4 is 11.4 Å². The number of rotatable bonds is 7. The van der Waals surface area contributed by atoms with Gasteiger partial charge in [-0.3, -0.25) is 28.1 Å². The van der Waals surface area contributed by atoms with Crippen LogP contribution in [0.3, 0.4) is 0 Å². The van der Waals surface area contributed by atoms with Crippen molar-refractivity contribution in [1.29, 1.82) is 0 Å². The Balaban J connectivity index is 1.04. The molecule has 8 heterocycles. The highest BCUT2D eigenvalue weighted by molar-refractivity contribution is 6.00. The number of aromatic amines is 1. The molecular weight excluding hydrogens is 866 g/mol. The van der Waals surface area contributed by atoms with Crippen LogP contribution in [0.5, 0.6) is 0 Å². The summed E-state index contributed by atoms with van der Waals surface area (Å²) in [6.07, 6.45) is 5.36. The number of ether oxygens (including phenoxy) is 1. The molecule has 1 aliphatic carbocycles. The highest BCUT2D eigenvalue weighted by Crippen LogP contribution is 2.57. The number of fused-ring (bicyclic) bond motifs is 6. The molecule has 0 unspecified atom stereocenters. The first-order chi connectivity index (χ1) is 32.1. The minimum atomic E-state index is -1.79. The van der Waals surface area contributed by atoms with Gasteiger partial charge in [0, 0.05) is 42.5 Å². The molecule has 3 aromatic carbocycles. The molecule has 1 N–H and O–H groups in total. The van der Waals surface area contributed by atoms with Gasteiger partial charge in [-0.2, -0.15) is 10.2 Å². The van der Waals surface area contributed by atoms with Crippen molar-refractivity contribution < 1.29 is 27.2 Å². The third kappa shape index (κ3) is 5.93. The Bertz CT molecular complexity index is 3490. The number of alkyl halides is 1. The Morgan fingerprint density at radius 2 is 1.67 bits per heavy atom. The maximum absolute atomic E-state index is 17.7. The van der Waals surface area contributed by atoms with E-state index in [2.05, 4.69) is 41.2 Å². The van der Waals surface area contributed by atoms with Crippen LogP contribution in [0.15, 0.2) is 81.2 Å². The number of hydrogen-bond donors (Lipinski definition) is 1. The zero-order valence-electron chi connectivity index (χ0n) is 37.7. The van der Waals surface area contributed by atoms with Crippen LogP contribution in [-0.4, -0.2) is 72.5 Å². The van der Waals surface area contributed by atoms with Crippen LogP contribution in [0, 0.1) is 31.4 Å². The van der Waals surface area contributed by atoms with Crippen molar-refractivity contribution in [3.05, 3.63) is 139 Å². The number of carbonyl (C=O) groups is 1. The van der Waals surface area contributed by atoms with E-state index in [0.29, 0.717) is 53.8 Å². The number of halogens is 3. The number of benzene rings is 3. The lowest BCUT2D eigenvalue weighted by Gasteiger charge is -2.37. The topological polar surface area (TPSA) is 156 Å². The predicted octanol–water partition coefficient (Wildman–Crippen LogP) is 8.05. The number of nitrogens with one attached hydrogen (secondary N) is 1. The molecule has 0 spiro atoms. The number of imidazole rings is 1. The molecule has 8 aromatic rings. The molecule has 12 rings (SSSR count). The van der Waals surface area contributed by atoms with Gasteiger partial charge in [0.2, 0.25) is 0 Å². The molecular formula is C49H47F3N10O5.